The summed E-state index contributed by atoms with van der Waals surface area (Å²) in [5.41, 5.74) is 3.81. The second kappa shape index (κ2) is 2.57. The first kappa shape index (κ1) is 9.41. The van der Waals surface area contributed by atoms with Crippen molar-refractivity contribution in [1.82, 2.24) is 0 Å². The zero-order valence-electron chi connectivity index (χ0n) is 6.68. The van der Waals surface area contributed by atoms with E-state index in [4.69, 9.17) is 11.0 Å². The molecule has 0 radical (unpaired) electrons. The summed E-state index contributed by atoms with van der Waals surface area (Å²) in [5, 5.41) is 17.6. The van der Waals surface area contributed by atoms with Gasteiger partial charge in [0.2, 0.25) is 0 Å². The molecule has 0 heterocycles. The molecule has 0 aromatic rings. The van der Waals surface area contributed by atoms with Crippen molar-refractivity contribution in [3.63, 3.8) is 0 Å². The molecule has 3 heteroatoms. The largest absolute Gasteiger partial charge is 0.376 e. The van der Waals surface area contributed by atoms with Crippen molar-refractivity contribution < 1.29 is 5.11 Å². The highest BCUT2D eigenvalue weighted by Gasteiger charge is 2.27. The van der Waals surface area contributed by atoms with Crippen LogP contribution in [-0.4, -0.2) is 16.2 Å². The van der Waals surface area contributed by atoms with Gasteiger partial charge in [0.15, 0.2) is 0 Å². The smallest absolute Gasteiger partial charge is 0.150 e. The third-order valence-electron chi connectivity index (χ3n) is 1.04. The average Bonchev–Trinajstić information content (AvgIpc) is 1.60. The Morgan fingerprint density at radius 1 is 1.50 bits per heavy atom. The summed E-state index contributed by atoms with van der Waals surface area (Å²) in [6, 6.07) is 1.77. The molecule has 0 rings (SSSR count). The van der Waals surface area contributed by atoms with Gasteiger partial charge in [0.1, 0.15) is 5.60 Å². The zero-order valence-corrected chi connectivity index (χ0v) is 6.68. The lowest BCUT2D eigenvalue weighted by Crippen LogP contribution is -2.40. The Bertz CT molecular complexity index is 150. The maximum Gasteiger partial charge on any atom is 0.150 e. The van der Waals surface area contributed by atoms with Crippen LogP contribution < -0.4 is 5.73 Å². The average molecular weight is 142 g/mol. The van der Waals surface area contributed by atoms with E-state index < -0.39 is 11.1 Å². The number of nitrogens with two attached hydrogens (primary N) is 1. The fourth-order valence-corrected chi connectivity index (χ4v) is 0.927. The van der Waals surface area contributed by atoms with Crippen molar-refractivity contribution in [3.05, 3.63) is 0 Å². The number of hydrogen-bond acceptors (Lipinski definition) is 3. The van der Waals surface area contributed by atoms with Crippen LogP contribution in [0.3, 0.4) is 0 Å². The van der Waals surface area contributed by atoms with Crippen LogP contribution in [0.15, 0.2) is 0 Å². The van der Waals surface area contributed by atoms with Gasteiger partial charge < -0.3 is 10.8 Å². The Morgan fingerprint density at radius 3 is 2.00 bits per heavy atom. The molecule has 0 bridgehead atoms. The Balaban J connectivity index is 4.05. The Morgan fingerprint density at radius 2 is 1.90 bits per heavy atom. The van der Waals surface area contributed by atoms with Gasteiger partial charge in [0.25, 0.3) is 0 Å². The molecule has 3 N–H and O–H groups in total. The third-order valence-corrected chi connectivity index (χ3v) is 1.04. The maximum absolute atomic E-state index is 9.22. The van der Waals surface area contributed by atoms with Crippen LogP contribution in [0.1, 0.15) is 27.2 Å². The van der Waals surface area contributed by atoms with E-state index in [0.29, 0.717) is 0 Å². The molecule has 0 fully saturated rings. The van der Waals surface area contributed by atoms with E-state index in [1.165, 1.54) is 6.92 Å². The van der Waals surface area contributed by atoms with Gasteiger partial charge in [0.05, 0.1) is 6.07 Å². The quantitative estimate of drug-likeness (QED) is 0.548. The van der Waals surface area contributed by atoms with Crippen molar-refractivity contribution in [2.75, 3.05) is 0 Å². The minimum absolute atomic E-state index is 0.288. The molecule has 0 aromatic carbocycles. The summed E-state index contributed by atoms with van der Waals surface area (Å²) in [6.45, 7) is 5.01. The predicted octanol–water partition coefficient (Wildman–Crippen LogP) is 0.388. The normalized spacial score (nSPS) is 17.6. The van der Waals surface area contributed by atoms with Gasteiger partial charge in [-0.15, -0.1) is 0 Å². The highest BCUT2D eigenvalue weighted by atomic mass is 16.3. The molecule has 0 aliphatic heterocycles. The van der Waals surface area contributed by atoms with Crippen molar-refractivity contribution in [2.45, 2.75) is 38.3 Å². The summed E-state index contributed by atoms with van der Waals surface area (Å²) < 4.78 is 0. The van der Waals surface area contributed by atoms with Crippen LogP contribution in [0.4, 0.5) is 0 Å². The fourth-order valence-electron chi connectivity index (χ4n) is 0.927. The molecule has 1 atom stereocenters. The molecule has 0 aliphatic carbocycles. The van der Waals surface area contributed by atoms with E-state index in [1.54, 1.807) is 19.9 Å². The van der Waals surface area contributed by atoms with Gasteiger partial charge >= 0.3 is 0 Å². The van der Waals surface area contributed by atoms with Crippen molar-refractivity contribution in [2.24, 2.45) is 5.73 Å². The van der Waals surface area contributed by atoms with Crippen molar-refractivity contribution in [1.29, 1.82) is 5.26 Å². The molecular formula is C7H14N2O. The topological polar surface area (TPSA) is 70.0 Å². The first-order chi connectivity index (χ1) is 4.27. The van der Waals surface area contributed by atoms with Gasteiger partial charge in [-0.2, -0.15) is 5.26 Å². The van der Waals surface area contributed by atoms with Gasteiger partial charge in [0, 0.05) is 12.0 Å². The SMILES string of the molecule is CC(C)(N)CC(C)(O)C#N. The van der Waals surface area contributed by atoms with Crippen LogP contribution in [0.25, 0.3) is 0 Å². The van der Waals surface area contributed by atoms with Gasteiger partial charge in [-0.1, -0.05) is 0 Å². The second-order valence-electron chi connectivity index (χ2n) is 3.55. The molecule has 0 aromatic heterocycles. The molecule has 0 amide bonds. The van der Waals surface area contributed by atoms with Crippen molar-refractivity contribution >= 4 is 0 Å². The van der Waals surface area contributed by atoms with Crippen LogP contribution in [0.2, 0.25) is 0 Å². The minimum Gasteiger partial charge on any atom is -0.376 e. The van der Waals surface area contributed by atoms with E-state index in [0.717, 1.165) is 0 Å². The Labute approximate surface area is 61.5 Å². The molecule has 0 aliphatic rings. The first-order valence-corrected chi connectivity index (χ1v) is 3.19. The molecule has 10 heavy (non-hydrogen) atoms. The van der Waals surface area contributed by atoms with Crippen LogP contribution >= 0.6 is 0 Å². The van der Waals surface area contributed by atoms with Gasteiger partial charge in [-0.25, -0.2) is 0 Å². The lowest BCUT2D eigenvalue weighted by Gasteiger charge is -2.24. The van der Waals surface area contributed by atoms with Crippen LogP contribution in [-0.2, 0) is 0 Å². The fraction of sp³-hybridized carbons (Fsp3) is 0.857. The zero-order chi connectivity index (χ0) is 8.41. The van der Waals surface area contributed by atoms with E-state index in [9.17, 15) is 5.11 Å². The van der Waals surface area contributed by atoms with Crippen LogP contribution in [0, 0.1) is 11.3 Å². The van der Waals surface area contributed by atoms with E-state index >= 15 is 0 Å². The Kier molecular flexibility index (Phi) is 2.42. The summed E-state index contributed by atoms with van der Waals surface area (Å²) in [4.78, 5) is 0. The number of nitrogens with zero attached hydrogens (tertiary/aromatic N) is 1. The molecular weight excluding hydrogens is 128 g/mol. The molecule has 0 spiro atoms. The van der Waals surface area contributed by atoms with Crippen molar-refractivity contribution in [3.8, 4) is 6.07 Å². The van der Waals surface area contributed by atoms with E-state index in [1.807, 2.05) is 0 Å². The summed E-state index contributed by atoms with van der Waals surface area (Å²) in [5.74, 6) is 0. The molecule has 1 unspecified atom stereocenters. The van der Waals surface area contributed by atoms with E-state index in [-0.39, 0.29) is 6.42 Å². The van der Waals surface area contributed by atoms with Gasteiger partial charge in [-0.05, 0) is 20.8 Å². The third kappa shape index (κ3) is 4.30. The molecule has 3 nitrogen and oxygen atoms in total. The summed E-state index contributed by atoms with van der Waals surface area (Å²) >= 11 is 0. The second-order valence-corrected chi connectivity index (χ2v) is 3.55. The van der Waals surface area contributed by atoms with E-state index in [2.05, 4.69) is 0 Å². The number of nitriles is 1. The van der Waals surface area contributed by atoms with Gasteiger partial charge in [-0.3, -0.25) is 0 Å². The molecule has 58 valence electrons. The number of rotatable bonds is 2. The number of hydrogen-bond donors (Lipinski definition) is 2. The minimum atomic E-state index is -1.29. The highest BCUT2D eigenvalue weighted by Crippen LogP contribution is 2.16. The predicted molar refractivity (Wildman–Crippen MR) is 39.1 cm³/mol. The highest BCUT2D eigenvalue weighted by molar-refractivity contribution is 5.00. The lowest BCUT2D eigenvalue weighted by atomic mass is 9.90. The molecule has 0 saturated carbocycles. The standard InChI is InChI=1S/C7H14N2O/c1-6(2,9)4-7(3,10)5-8/h10H,4,9H2,1-3H3. The maximum atomic E-state index is 9.22. The lowest BCUT2D eigenvalue weighted by molar-refractivity contribution is 0.0882. The Hall–Kier alpha value is -0.590. The monoisotopic (exact) mass is 142 g/mol. The first-order valence-electron chi connectivity index (χ1n) is 3.19. The summed E-state index contributed by atoms with van der Waals surface area (Å²) in [7, 11) is 0. The summed E-state index contributed by atoms with van der Waals surface area (Å²) in [6.07, 6.45) is 0.288. The number of aliphatic hydroxyl groups is 1. The molecule has 0 saturated heterocycles. The van der Waals surface area contributed by atoms with Crippen LogP contribution in [0.5, 0.6) is 0 Å².